The Morgan fingerprint density at radius 2 is 1.90 bits per heavy atom. The number of halogens is 1. The summed E-state index contributed by atoms with van der Waals surface area (Å²) in [4.78, 5) is 14.8. The molecule has 1 amide bonds. The Kier molecular flexibility index (Phi) is 8.31. The fraction of sp³-hybridized carbons (Fsp3) is 0.409. The van der Waals surface area contributed by atoms with Crippen LogP contribution in [0.25, 0.3) is 0 Å². The monoisotopic (exact) mass is 465 g/mol. The minimum atomic E-state index is -3.77. The lowest BCUT2D eigenvalue weighted by atomic mass is 10.0. The SMILES string of the molecule is COc1cccc(C(CNC(=O)CCNS(=O)(=O)c2ccccc2Cl)N2CCCC2)c1. The van der Waals surface area contributed by atoms with E-state index in [0.29, 0.717) is 6.54 Å². The Hall–Kier alpha value is -2.13. The van der Waals surface area contributed by atoms with Gasteiger partial charge in [-0.1, -0.05) is 35.9 Å². The van der Waals surface area contributed by atoms with Crippen molar-refractivity contribution >= 4 is 27.5 Å². The molecule has 0 bridgehead atoms. The quantitative estimate of drug-likeness (QED) is 0.563. The summed E-state index contributed by atoms with van der Waals surface area (Å²) in [6.45, 7) is 2.40. The van der Waals surface area contributed by atoms with E-state index in [9.17, 15) is 13.2 Å². The second-order valence-electron chi connectivity index (χ2n) is 7.42. The molecule has 1 atom stereocenters. The van der Waals surface area contributed by atoms with Gasteiger partial charge in [0.05, 0.1) is 18.2 Å². The van der Waals surface area contributed by atoms with Gasteiger partial charge in [0.2, 0.25) is 15.9 Å². The van der Waals surface area contributed by atoms with Crippen LogP contribution in [0.3, 0.4) is 0 Å². The van der Waals surface area contributed by atoms with E-state index < -0.39 is 10.0 Å². The molecule has 1 saturated heterocycles. The molecule has 0 aromatic heterocycles. The van der Waals surface area contributed by atoms with Crippen LogP contribution in [0.2, 0.25) is 5.02 Å². The van der Waals surface area contributed by atoms with E-state index in [4.69, 9.17) is 16.3 Å². The van der Waals surface area contributed by atoms with Crippen molar-refractivity contribution in [2.45, 2.75) is 30.2 Å². The number of hydrogen-bond donors (Lipinski definition) is 2. The van der Waals surface area contributed by atoms with Crippen LogP contribution < -0.4 is 14.8 Å². The third-order valence-electron chi connectivity index (χ3n) is 5.32. The normalized spacial score (nSPS) is 15.5. The van der Waals surface area contributed by atoms with Crippen LogP contribution in [0.1, 0.15) is 30.9 Å². The van der Waals surface area contributed by atoms with E-state index in [1.165, 1.54) is 12.1 Å². The van der Waals surface area contributed by atoms with Crippen molar-refractivity contribution in [3.05, 3.63) is 59.1 Å². The zero-order chi connectivity index (χ0) is 22.3. The summed E-state index contributed by atoms with van der Waals surface area (Å²) in [7, 11) is -2.13. The van der Waals surface area contributed by atoms with Crippen molar-refractivity contribution in [2.75, 3.05) is 33.3 Å². The number of carbonyl (C=O) groups excluding carboxylic acids is 1. The van der Waals surface area contributed by atoms with Gasteiger partial charge < -0.3 is 10.1 Å². The maximum atomic E-state index is 12.4. The van der Waals surface area contributed by atoms with Gasteiger partial charge in [0.25, 0.3) is 0 Å². The van der Waals surface area contributed by atoms with Gasteiger partial charge >= 0.3 is 0 Å². The molecule has 0 aliphatic carbocycles. The summed E-state index contributed by atoms with van der Waals surface area (Å²) in [5.41, 5.74) is 1.08. The van der Waals surface area contributed by atoms with Crippen molar-refractivity contribution in [1.82, 2.24) is 14.9 Å². The Balaban J connectivity index is 1.55. The maximum absolute atomic E-state index is 12.4. The van der Waals surface area contributed by atoms with Gasteiger partial charge in [0, 0.05) is 19.5 Å². The molecule has 9 heteroatoms. The van der Waals surface area contributed by atoms with Crippen LogP contribution in [0.5, 0.6) is 5.75 Å². The first-order valence-corrected chi connectivity index (χ1v) is 12.2. The molecular weight excluding hydrogens is 438 g/mol. The summed E-state index contributed by atoms with van der Waals surface area (Å²) >= 11 is 5.96. The molecule has 1 fully saturated rings. The lowest BCUT2D eigenvalue weighted by Crippen LogP contribution is -2.38. The average Bonchev–Trinajstić information content (AvgIpc) is 3.28. The number of methoxy groups -OCH3 is 1. The highest BCUT2D eigenvalue weighted by molar-refractivity contribution is 7.89. The second kappa shape index (κ2) is 10.9. The molecule has 1 heterocycles. The highest BCUT2D eigenvalue weighted by Crippen LogP contribution is 2.27. The van der Waals surface area contributed by atoms with Gasteiger partial charge in [-0.2, -0.15) is 0 Å². The lowest BCUT2D eigenvalue weighted by molar-refractivity contribution is -0.121. The molecule has 1 unspecified atom stereocenters. The van der Waals surface area contributed by atoms with E-state index in [-0.39, 0.29) is 34.8 Å². The zero-order valence-electron chi connectivity index (χ0n) is 17.5. The Morgan fingerprint density at radius 3 is 2.61 bits per heavy atom. The highest BCUT2D eigenvalue weighted by Gasteiger charge is 2.24. The van der Waals surface area contributed by atoms with Gasteiger partial charge in [-0.25, -0.2) is 13.1 Å². The molecule has 7 nitrogen and oxygen atoms in total. The average molecular weight is 466 g/mol. The number of sulfonamides is 1. The first-order valence-electron chi connectivity index (χ1n) is 10.3. The summed E-state index contributed by atoms with van der Waals surface area (Å²) in [6, 6.07) is 14.1. The molecule has 31 heavy (non-hydrogen) atoms. The Bertz CT molecular complexity index is 994. The topological polar surface area (TPSA) is 87.7 Å². The molecule has 0 spiro atoms. The van der Waals surface area contributed by atoms with Crippen LogP contribution in [0.4, 0.5) is 0 Å². The van der Waals surface area contributed by atoms with Crippen LogP contribution in [-0.4, -0.2) is 52.5 Å². The first-order chi connectivity index (χ1) is 14.9. The van der Waals surface area contributed by atoms with Crippen LogP contribution in [0, 0.1) is 0 Å². The molecule has 1 aliphatic heterocycles. The number of amides is 1. The van der Waals surface area contributed by atoms with Crippen LogP contribution >= 0.6 is 11.6 Å². The van der Waals surface area contributed by atoms with Gasteiger partial charge in [0.15, 0.2) is 0 Å². The number of ether oxygens (including phenoxy) is 1. The standard InChI is InChI=1S/C22H28ClN3O4S/c1-30-18-8-6-7-17(15-18)20(26-13-4-5-14-26)16-24-22(27)11-12-25-31(28,29)21-10-3-2-9-19(21)23/h2-3,6-10,15,20,25H,4-5,11-14,16H2,1H3,(H,24,27). The van der Waals surface area contributed by atoms with Crippen molar-refractivity contribution in [2.24, 2.45) is 0 Å². The van der Waals surface area contributed by atoms with E-state index in [2.05, 4.69) is 14.9 Å². The predicted octanol–water partition coefficient (Wildman–Crippen LogP) is 2.97. The van der Waals surface area contributed by atoms with E-state index in [0.717, 1.165) is 37.2 Å². The largest absolute Gasteiger partial charge is 0.497 e. The maximum Gasteiger partial charge on any atom is 0.242 e. The number of nitrogens with zero attached hydrogens (tertiary/aromatic N) is 1. The summed E-state index contributed by atoms with van der Waals surface area (Å²) < 4.78 is 32.5. The number of benzene rings is 2. The molecule has 2 N–H and O–H groups in total. The minimum Gasteiger partial charge on any atom is -0.497 e. The third-order valence-corrected chi connectivity index (χ3v) is 7.28. The molecule has 0 radical (unpaired) electrons. The molecule has 2 aromatic rings. The van der Waals surface area contributed by atoms with Crippen molar-refractivity contribution in [3.63, 3.8) is 0 Å². The predicted molar refractivity (Wildman–Crippen MR) is 121 cm³/mol. The molecule has 0 saturated carbocycles. The number of likely N-dealkylation sites (tertiary alicyclic amines) is 1. The fourth-order valence-electron chi connectivity index (χ4n) is 3.70. The number of rotatable bonds is 10. The smallest absolute Gasteiger partial charge is 0.242 e. The van der Waals surface area contributed by atoms with Crippen molar-refractivity contribution in [1.29, 1.82) is 0 Å². The second-order valence-corrected chi connectivity index (χ2v) is 9.56. The van der Waals surface area contributed by atoms with E-state index in [1.54, 1.807) is 19.2 Å². The van der Waals surface area contributed by atoms with Gasteiger partial charge in [0.1, 0.15) is 10.6 Å². The summed E-state index contributed by atoms with van der Waals surface area (Å²) in [5.74, 6) is 0.566. The molecule has 168 valence electrons. The first kappa shape index (κ1) is 23.5. The van der Waals surface area contributed by atoms with Gasteiger partial charge in [-0.3, -0.25) is 9.69 Å². The third kappa shape index (κ3) is 6.43. The Morgan fingerprint density at radius 1 is 1.16 bits per heavy atom. The number of hydrogen-bond acceptors (Lipinski definition) is 5. The van der Waals surface area contributed by atoms with Crippen molar-refractivity contribution < 1.29 is 17.9 Å². The molecular formula is C22H28ClN3O4S. The molecule has 1 aliphatic rings. The summed E-state index contributed by atoms with van der Waals surface area (Å²) in [5, 5.41) is 3.10. The van der Waals surface area contributed by atoms with Gasteiger partial charge in [-0.15, -0.1) is 0 Å². The van der Waals surface area contributed by atoms with E-state index in [1.807, 2.05) is 24.3 Å². The number of nitrogens with one attached hydrogen (secondary N) is 2. The fourth-order valence-corrected chi connectivity index (χ4v) is 5.25. The number of carbonyl (C=O) groups is 1. The van der Waals surface area contributed by atoms with E-state index >= 15 is 0 Å². The highest BCUT2D eigenvalue weighted by atomic mass is 35.5. The van der Waals surface area contributed by atoms with Crippen molar-refractivity contribution in [3.8, 4) is 5.75 Å². The molecule has 2 aromatic carbocycles. The van der Waals surface area contributed by atoms with Crippen LogP contribution in [0.15, 0.2) is 53.4 Å². The van der Waals surface area contributed by atoms with Crippen LogP contribution in [-0.2, 0) is 14.8 Å². The zero-order valence-corrected chi connectivity index (χ0v) is 19.1. The summed E-state index contributed by atoms with van der Waals surface area (Å²) in [6.07, 6.45) is 2.31. The van der Waals surface area contributed by atoms with Gasteiger partial charge in [-0.05, 0) is 55.8 Å². The lowest BCUT2D eigenvalue weighted by Gasteiger charge is -2.28. The molecule has 3 rings (SSSR count). The Labute approximate surface area is 188 Å². The minimum absolute atomic E-state index is 0.00389.